The number of hydrogen-bond acceptors (Lipinski definition) is 4. The van der Waals surface area contributed by atoms with Gasteiger partial charge in [-0.1, -0.05) is 13.8 Å². The third kappa shape index (κ3) is 9.70. The highest BCUT2D eigenvalue weighted by atomic mass is 16.5. The Hall–Kier alpha value is -1.79. The number of carboxylic acid groups (broad SMARTS) is 1. The van der Waals surface area contributed by atoms with E-state index in [-0.39, 0.29) is 25.5 Å². The highest BCUT2D eigenvalue weighted by molar-refractivity contribution is 5.83. The lowest BCUT2D eigenvalue weighted by molar-refractivity contribution is -0.144. The Morgan fingerprint density at radius 3 is 2.29 bits per heavy atom. The first kappa shape index (κ1) is 19.2. The summed E-state index contributed by atoms with van der Waals surface area (Å²) >= 11 is 0. The molecule has 0 fully saturated rings. The van der Waals surface area contributed by atoms with E-state index in [9.17, 15) is 14.4 Å². The minimum Gasteiger partial charge on any atom is -0.481 e. The molecule has 0 aliphatic rings. The second-order valence-corrected chi connectivity index (χ2v) is 5.42. The summed E-state index contributed by atoms with van der Waals surface area (Å²) in [6, 6.07) is -1.25. The molecule has 7 heteroatoms. The van der Waals surface area contributed by atoms with Crippen molar-refractivity contribution in [1.82, 2.24) is 10.6 Å². The number of urea groups is 1. The van der Waals surface area contributed by atoms with Gasteiger partial charge in [-0.05, 0) is 32.1 Å². The molecule has 2 unspecified atom stereocenters. The molecule has 0 aliphatic heterocycles. The van der Waals surface area contributed by atoms with Crippen molar-refractivity contribution >= 4 is 18.0 Å². The molecule has 0 heterocycles. The summed E-state index contributed by atoms with van der Waals surface area (Å²) in [5, 5.41) is 13.9. The smallest absolute Gasteiger partial charge is 0.328 e. The van der Waals surface area contributed by atoms with Crippen LogP contribution in [0, 0.1) is 11.8 Å². The Morgan fingerprint density at radius 2 is 1.81 bits per heavy atom. The van der Waals surface area contributed by atoms with E-state index in [0.717, 1.165) is 0 Å². The van der Waals surface area contributed by atoms with E-state index in [1.807, 2.05) is 13.8 Å². The minimum atomic E-state index is -0.886. The molecule has 7 nitrogen and oxygen atoms in total. The molecule has 0 aromatic rings. The van der Waals surface area contributed by atoms with E-state index in [1.165, 1.54) is 6.92 Å². The Balaban J connectivity index is 4.23. The van der Waals surface area contributed by atoms with Crippen LogP contribution < -0.4 is 10.6 Å². The van der Waals surface area contributed by atoms with Crippen molar-refractivity contribution in [1.29, 1.82) is 0 Å². The van der Waals surface area contributed by atoms with Crippen molar-refractivity contribution < 1.29 is 24.2 Å². The van der Waals surface area contributed by atoms with Gasteiger partial charge in [0.1, 0.15) is 6.04 Å². The summed E-state index contributed by atoms with van der Waals surface area (Å²) in [6.45, 7) is 7.72. The number of amides is 2. The van der Waals surface area contributed by atoms with Gasteiger partial charge in [0.15, 0.2) is 0 Å². The lowest BCUT2D eigenvalue weighted by atomic mass is 9.94. The van der Waals surface area contributed by atoms with E-state index < -0.39 is 24.0 Å². The van der Waals surface area contributed by atoms with Crippen LogP contribution in [0.5, 0.6) is 0 Å². The van der Waals surface area contributed by atoms with Gasteiger partial charge in [-0.3, -0.25) is 4.79 Å². The standard InChI is InChI=1S/C14H26N2O5/c1-5-21-13(19)10(4)16-14(20)15-8-11(6-9(2)3)7-12(17)18/h9-11H,5-8H2,1-4H3,(H,17,18)(H2,15,16,20). The molecule has 0 bridgehead atoms. The van der Waals surface area contributed by atoms with Crippen molar-refractivity contribution in [3.8, 4) is 0 Å². The van der Waals surface area contributed by atoms with Gasteiger partial charge in [0, 0.05) is 13.0 Å². The van der Waals surface area contributed by atoms with Crippen LogP contribution in [0.25, 0.3) is 0 Å². The third-order valence-electron chi connectivity index (χ3n) is 2.81. The van der Waals surface area contributed by atoms with Gasteiger partial charge in [-0.25, -0.2) is 9.59 Å². The maximum atomic E-state index is 11.7. The fourth-order valence-electron chi connectivity index (χ4n) is 1.96. The number of hydrogen-bond donors (Lipinski definition) is 3. The van der Waals surface area contributed by atoms with E-state index >= 15 is 0 Å². The summed E-state index contributed by atoms with van der Waals surface area (Å²) in [4.78, 5) is 33.8. The van der Waals surface area contributed by atoms with Crippen molar-refractivity contribution in [2.24, 2.45) is 11.8 Å². The van der Waals surface area contributed by atoms with Crippen LogP contribution in [-0.4, -0.2) is 42.3 Å². The van der Waals surface area contributed by atoms with Gasteiger partial charge in [0.05, 0.1) is 6.61 Å². The summed E-state index contributed by atoms with van der Waals surface area (Å²) in [6.07, 6.45) is 0.714. The molecule has 2 amide bonds. The highest BCUT2D eigenvalue weighted by Gasteiger charge is 2.19. The molecule has 0 aromatic heterocycles. The third-order valence-corrected chi connectivity index (χ3v) is 2.81. The van der Waals surface area contributed by atoms with Crippen LogP contribution >= 0.6 is 0 Å². The minimum absolute atomic E-state index is 0.00584. The summed E-state index contributed by atoms with van der Waals surface area (Å²) in [5.74, 6) is -1.18. The van der Waals surface area contributed by atoms with Gasteiger partial charge < -0.3 is 20.5 Å². The second kappa shape index (κ2) is 10.0. The molecule has 2 atom stereocenters. The van der Waals surface area contributed by atoms with Crippen LogP contribution in [0.4, 0.5) is 4.79 Å². The van der Waals surface area contributed by atoms with Crippen LogP contribution in [0.1, 0.15) is 40.5 Å². The second-order valence-electron chi connectivity index (χ2n) is 5.42. The van der Waals surface area contributed by atoms with E-state index in [1.54, 1.807) is 6.92 Å². The lowest BCUT2D eigenvalue weighted by Crippen LogP contribution is -2.46. The zero-order valence-corrected chi connectivity index (χ0v) is 13.1. The number of ether oxygens (including phenoxy) is 1. The molecular formula is C14H26N2O5. The number of esters is 1. The number of carboxylic acids is 1. The maximum absolute atomic E-state index is 11.7. The van der Waals surface area contributed by atoms with Crippen molar-refractivity contribution in [2.75, 3.05) is 13.2 Å². The lowest BCUT2D eigenvalue weighted by Gasteiger charge is -2.19. The molecule has 3 N–H and O–H groups in total. The van der Waals surface area contributed by atoms with Gasteiger partial charge in [0.2, 0.25) is 0 Å². The van der Waals surface area contributed by atoms with Crippen molar-refractivity contribution in [3.05, 3.63) is 0 Å². The van der Waals surface area contributed by atoms with Crippen LogP contribution in [0.3, 0.4) is 0 Å². The molecule has 0 saturated heterocycles. The van der Waals surface area contributed by atoms with Crippen LogP contribution in [0.2, 0.25) is 0 Å². The quantitative estimate of drug-likeness (QED) is 0.558. The number of aliphatic carboxylic acids is 1. The highest BCUT2D eigenvalue weighted by Crippen LogP contribution is 2.14. The zero-order valence-electron chi connectivity index (χ0n) is 13.1. The fraction of sp³-hybridized carbons (Fsp3) is 0.786. The van der Waals surface area contributed by atoms with Crippen molar-refractivity contribution in [3.63, 3.8) is 0 Å². The SMILES string of the molecule is CCOC(=O)C(C)NC(=O)NCC(CC(=O)O)CC(C)C. The molecule has 0 aliphatic carbocycles. The molecule has 0 radical (unpaired) electrons. The van der Waals surface area contributed by atoms with Gasteiger partial charge in [-0.2, -0.15) is 0 Å². The number of carbonyl (C=O) groups excluding carboxylic acids is 2. The molecule has 0 rings (SSSR count). The first-order valence-corrected chi connectivity index (χ1v) is 7.19. The molecular weight excluding hydrogens is 276 g/mol. The first-order chi connectivity index (χ1) is 9.76. The Kier molecular flexibility index (Phi) is 9.16. The predicted molar refractivity (Wildman–Crippen MR) is 77.8 cm³/mol. The first-order valence-electron chi connectivity index (χ1n) is 7.19. The van der Waals surface area contributed by atoms with Gasteiger partial charge in [0.25, 0.3) is 0 Å². The molecule has 0 aromatic carbocycles. The largest absolute Gasteiger partial charge is 0.481 e. The maximum Gasteiger partial charge on any atom is 0.328 e. The molecule has 122 valence electrons. The molecule has 0 spiro atoms. The van der Waals surface area contributed by atoms with Gasteiger partial charge >= 0.3 is 18.0 Å². The number of nitrogens with one attached hydrogen (secondary N) is 2. The van der Waals surface area contributed by atoms with Gasteiger partial charge in [-0.15, -0.1) is 0 Å². The molecule has 21 heavy (non-hydrogen) atoms. The zero-order chi connectivity index (χ0) is 16.4. The predicted octanol–water partition coefficient (Wildman–Crippen LogP) is 1.37. The average molecular weight is 302 g/mol. The Labute approximate surface area is 125 Å². The average Bonchev–Trinajstić information content (AvgIpc) is 2.34. The normalized spacial score (nSPS) is 13.4. The fourth-order valence-corrected chi connectivity index (χ4v) is 1.96. The van der Waals surface area contributed by atoms with E-state index in [2.05, 4.69) is 10.6 Å². The summed E-state index contributed by atoms with van der Waals surface area (Å²) < 4.78 is 4.78. The van der Waals surface area contributed by atoms with E-state index in [4.69, 9.17) is 9.84 Å². The molecule has 0 saturated carbocycles. The number of rotatable bonds is 9. The monoisotopic (exact) mass is 302 g/mol. The van der Waals surface area contributed by atoms with Crippen LogP contribution in [-0.2, 0) is 14.3 Å². The Bertz CT molecular complexity index is 357. The topological polar surface area (TPSA) is 105 Å². The Morgan fingerprint density at radius 1 is 1.19 bits per heavy atom. The van der Waals surface area contributed by atoms with Crippen LogP contribution in [0.15, 0.2) is 0 Å². The summed E-state index contributed by atoms with van der Waals surface area (Å²) in [7, 11) is 0. The number of carbonyl (C=O) groups is 3. The van der Waals surface area contributed by atoms with E-state index in [0.29, 0.717) is 12.3 Å². The summed E-state index contributed by atoms with van der Waals surface area (Å²) in [5.41, 5.74) is 0. The van der Waals surface area contributed by atoms with Crippen molar-refractivity contribution in [2.45, 2.75) is 46.6 Å².